The van der Waals surface area contributed by atoms with Gasteiger partial charge in [-0.15, -0.1) is 0 Å². The van der Waals surface area contributed by atoms with E-state index < -0.39 is 0 Å². The molecule has 0 saturated carbocycles. The van der Waals surface area contributed by atoms with Crippen molar-refractivity contribution in [1.82, 2.24) is 4.98 Å². The molecule has 1 aromatic carbocycles. The summed E-state index contributed by atoms with van der Waals surface area (Å²) in [6, 6.07) is 8.64. The lowest BCUT2D eigenvalue weighted by Crippen LogP contribution is -2.07. The second-order valence-electron chi connectivity index (χ2n) is 3.91. The van der Waals surface area contributed by atoms with Crippen LogP contribution in [-0.2, 0) is 6.42 Å². The van der Waals surface area contributed by atoms with E-state index in [1.807, 2.05) is 12.1 Å². The molecule has 3 nitrogen and oxygen atoms in total. The maximum Gasteiger partial charge on any atom is 0.172 e. The Morgan fingerprint density at radius 3 is 2.79 bits per heavy atom. The first-order valence-corrected chi connectivity index (χ1v) is 6.74. The van der Waals surface area contributed by atoms with E-state index in [4.69, 9.17) is 16.3 Å². The van der Waals surface area contributed by atoms with Crippen LogP contribution in [0.5, 0.6) is 5.75 Å². The van der Waals surface area contributed by atoms with Crippen LogP contribution < -0.4 is 4.74 Å². The number of nitrogens with zero attached hydrogens (tertiary/aromatic N) is 1. The van der Waals surface area contributed by atoms with Crippen LogP contribution in [0.4, 0.5) is 0 Å². The molecule has 0 aliphatic carbocycles. The number of methoxy groups -OCH3 is 1. The molecule has 0 fully saturated rings. The van der Waals surface area contributed by atoms with E-state index in [-0.39, 0.29) is 12.2 Å². The molecule has 0 bridgehead atoms. The minimum absolute atomic E-state index is 0.0525. The van der Waals surface area contributed by atoms with Gasteiger partial charge in [0.25, 0.3) is 0 Å². The smallest absolute Gasteiger partial charge is 0.172 e. The van der Waals surface area contributed by atoms with Crippen molar-refractivity contribution in [2.45, 2.75) is 6.42 Å². The topological polar surface area (TPSA) is 39.2 Å². The van der Waals surface area contributed by atoms with Crippen molar-refractivity contribution in [3.05, 3.63) is 57.3 Å². The Morgan fingerprint density at radius 1 is 1.37 bits per heavy atom. The molecule has 0 amide bonds. The van der Waals surface area contributed by atoms with Crippen molar-refractivity contribution in [2.75, 3.05) is 7.11 Å². The van der Waals surface area contributed by atoms with Gasteiger partial charge in [0.1, 0.15) is 5.75 Å². The predicted octanol–water partition coefficient (Wildman–Crippen LogP) is 3.93. The first-order valence-electron chi connectivity index (χ1n) is 5.57. The van der Waals surface area contributed by atoms with Gasteiger partial charge in [0, 0.05) is 21.4 Å². The highest BCUT2D eigenvalue weighted by molar-refractivity contribution is 9.10. The Balaban J connectivity index is 2.22. The van der Waals surface area contributed by atoms with Crippen molar-refractivity contribution < 1.29 is 9.53 Å². The van der Waals surface area contributed by atoms with Gasteiger partial charge in [-0.25, -0.2) is 0 Å². The average molecular weight is 341 g/mol. The molecule has 98 valence electrons. The third-order valence-electron chi connectivity index (χ3n) is 2.59. The molecular weight excluding hydrogens is 330 g/mol. The SMILES string of the molecule is COc1cc(Cl)ccc1C(=O)Cc1ccc(Br)cn1. The molecule has 0 spiro atoms. The van der Waals surface area contributed by atoms with E-state index >= 15 is 0 Å². The summed E-state index contributed by atoms with van der Waals surface area (Å²) in [7, 11) is 1.51. The molecule has 0 radical (unpaired) electrons. The quantitative estimate of drug-likeness (QED) is 0.792. The Labute approximate surface area is 124 Å². The Kier molecular flexibility index (Phi) is 4.56. The summed E-state index contributed by atoms with van der Waals surface area (Å²) in [5.74, 6) is 0.429. The van der Waals surface area contributed by atoms with Crippen LogP contribution in [0.2, 0.25) is 5.02 Å². The Morgan fingerprint density at radius 2 is 2.16 bits per heavy atom. The zero-order valence-corrected chi connectivity index (χ0v) is 12.5. The number of carbonyl (C=O) groups is 1. The number of hydrogen-bond acceptors (Lipinski definition) is 3. The van der Waals surface area contributed by atoms with E-state index in [0.29, 0.717) is 22.0 Å². The fourth-order valence-electron chi connectivity index (χ4n) is 1.67. The highest BCUT2D eigenvalue weighted by Gasteiger charge is 2.13. The molecule has 19 heavy (non-hydrogen) atoms. The van der Waals surface area contributed by atoms with Crippen molar-refractivity contribution in [2.24, 2.45) is 0 Å². The minimum Gasteiger partial charge on any atom is -0.496 e. The van der Waals surface area contributed by atoms with Crippen molar-refractivity contribution in [3.8, 4) is 5.75 Å². The summed E-state index contributed by atoms with van der Waals surface area (Å²) in [5, 5.41) is 0.537. The number of aromatic nitrogens is 1. The zero-order valence-electron chi connectivity index (χ0n) is 10.2. The number of Topliss-reactive ketones (excluding diaryl/α,β-unsaturated/α-hetero) is 1. The van der Waals surface area contributed by atoms with Crippen molar-refractivity contribution in [1.29, 1.82) is 0 Å². The first kappa shape index (κ1) is 14.0. The number of benzene rings is 1. The van der Waals surface area contributed by atoms with Gasteiger partial charge in [-0.3, -0.25) is 9.78 Å². The molecule has 0 aliphatic heterocycles. The van der Waals surface area contributed by atoms with Crippen LogP contribution in [-0.4, -0.2) is 17.9 Å². The predicted molar refractivity (Wildman–Crippen MR) is 78.0 cm³/mol. The van der Waals surface area contributed by atoms with Crippen LogP contribution in [0, 0.1) is 0 Å². The van der Waals surface area contributed by atoms with Gasteiger partial charge in [0.2, 0.25) is 0 Å². The van der Waals surface area contributed by atoms with Gasteiger partial charge in [-0.05, 0) is 46.3 Å². The third kappa shape index (κ3) is 3.55. The van der Waals surface area contributed by atoms with E-state index in [0.717, 1.165) is 4.47 Å². The molecule has 0 saturated heterocycles. The average Bonchev–Trinajstić information content (AvgIpc) is 2.41. The molecule has 2 aromatic rings. The van der Waals surface area contributed by atoms with Crippen LogP contribution in [0.1, 0.15) is 16.1 Å². The zero-order chi connectivity index (χ0) is 13.8. The third-order valence-corrected chi connectivity index (χ3v) is 3.30. The lowest BCUT2D eigenvalue weighted by molar-refractivity contribution is 0.0989. The highest BCUT2D eigenvalue weighted by atomic mass is 79.9. The lowest BCUT2D eigenvalue weighted by atomic mass is 10.1. The van der Waals surface area contributed by atoms with E-state index in [1.165, 1.54) is 7.11 Å². The maximum atomic E-state index is 12.2. The summed E-state index contributed by atoms with van der Waals surface area (Å²) in [6.45, 7) is 0. The largest absolute Gasteiger partial charge is 0.496 e. The molecule has 0 unspecified atom stereocenters. The van der Waals surface area contributed by atoms with Gasteiger partial charge in [-0.1, -0.05) is 11.6 Å². The van der Waals surface area contributed by atoms with Crippen LogP contribution in [0.3, 0.4) is 0 Å². The van der Waals surface area contributed by atoms with E-state index in [9.17, 15) is 4.79 Å². The molecule has 0 N–H and O–H groups in total. The number of hydrogen-bond donors (Lipinski definition) is 0. The number of rotatable bonds is 4. The monoisotopic (exact) mass is 339 g/mol. The summed E-state index contributed by atoms with van der Waals surface area (Å²) in [5.41, 5.74) is 1.22. The molecule has 1 heterocycles. The number of halogens is 2. The van der Waals surface area contributed by atoms with Gasteiger partial charge in [-0.2, -0.15) is 0 Å². The van der Waals surface area contributed by atoms with Crippen molar-refractivity contribution >= 4 is 33.3 Å². The normalized spacial score (nSPS) is 10.3. The van der Waals surface area contributed by atoms with Gasteiger partial charge >= 0.3 is 0 Å². The number of pyridine rings is 1. The van der Waals surface area contributed by atoms with E-state index in [1.54, 1.807) is 24.4 Å². The minimum atomic E-state index is -0.0525. The second kappa shape index (κ2) is 6.17. The Hall–Kier alpha value is -1.39. The molecule has 5 heteroatoms. The van der Waals surface area contributed by atoms with Crippen LogP contribution in [0.25, 0.3) is 0 Å². The molecular formula is C14H11BrClNO2. The molecule has 0 atom stereocenters. The van der Waals surface area contributed by atoms with Crippen LogP contribution in [0.15, 0.2) is 41.0 Å². The van der Waals surface area contributed by atoms with Gasteiger partial charge < -0.3 is 4.74 Å². The number of carbonyl (C=O) groups excluding carboxylic acids is 1. The van der Waals surface area contributed by atoms with Crippen molar-refractivity contribution in [3.63, 3.8) is 0 Å². The lowest BCUT2D eigenvalue weighted by Gasteiger charge is -2.07. The standard InChI is InChI=1S/C14H11BrClNO2/c1-19-14-6-10(16)3-5-12(14)13(18)7-11-4-2-9(15)8-17-11/h2-6,8H,7H2,1H3. The fraction of sp³-hybridized carbons (Fsp3) is 0.143. The summed E-state index contributed by atoms with van der Waals surface area (Å²) in [6.07, 6.45) is 1.90. The molecule has 2 rings (SSSR count). The maximum absolute atomic E-state index is 12.2. The van der Waals surface area contributed by atoms with E-state index in [2.05, 4.69) is 20.9 Å². The summed E-state index contributed by atoms with van der Waals surface area (Å²) < 4.78 is 6.05. The fourth-order valence-corrected chi connectivity index (χ4v) is 2.06. The highest BCUT2D eigenvalue weighted by Crippen LogP contribution is 2.24. The summed E-state index contributed by atoms with van der Waals surface area (Å²) >= 11 is 9.17. The van der Waals surface area contributed by atoms with Gasteiger partial charge in [0.05, 0.1) is 19.1 Å². The number of ketones is 1. The molecule has 0 aliphatic rings. The Bertz CT molecular complexity index is 599. The van der Waals surface area contributed by atoms with Crippen LogP contribution >= 0.6 is 27.5 Å². The molecule has 1 aromatic heterocycles. The second-order valence-corrected chi connectivity index (χ2v) is 5.26. The number of ether oxygens (including phenoxy) is 1. The first-order chi connectivity index (χ1) is 9.10. The summed E-state index contributed by atoms with van der Waals surface area (Å²) in [4.78, 5) is 16.4. The van der Waals surface area contributed by atoms with Gasteiger partial charge in [0.15, 0.2) is 5.78 Å².